The molecule has 0 unspecified atom stereocenters. The van der Waals surface area contributed by atoms with Crippen LogP contribution in [0.4, 0.5) is 0 Å². The van der Waals surface area contributed by atoms with Gasteiger partial charge in [0.15, 0.2) is 5.82 Å². The molecule has 2 rings (SSSR count). The maximum Gasteiger partial charge on any atom is 0.304 e. The van der Waals surface area contributed by atoms with Gasteiger partial charge in [0.25, 0.3) is 0 Å². The van der Waals surface area contributed by atoms with Crippen LogP contribution < -0.4 is 0 Å². The highest BCUT2D eigenvalue weighted by molar-refractivity contribution is 5.66. The van der Waals surface area contributed by atoms with Crippen molar-refractivity contribution in [3.63, 3.8) is 0 Å². The molecule has 0 bridgehead atoms. The maximum absolute atomic E-state index is 10.5. The van der Waals surface area contributed by atoms with E-state index in [0.717, 1.165) is 26.2 Å². The Morgan fingerprint density at radius 3 is 2.65 bits per heavy atom. The van der Waals surface area contributed by atoms with Crippen molar-refractivity contribution in [3.8, 4) is 0 Å². The number of rotatable bonds is 5. The van der Waals surface area contributed by atoms with Crippen molar-refractivity contribution >= 4 is 5.97 Å². The molecule has 0 spiro atoms. The van der Waals surface area contributed by atoms with E-state index in [9.17, 15) is 4.79 Å². The number of carboxylic acids is 1. The maximum atomic E-state index is 10.5. The highest BCUT2D eigenvalue weighted by Crippen LogP contribution is 2.05. The fourth-order valence-electron chi connectivity index (χ4n) is 1.89. The van der Waals surface area contributed by atoms with Gasteiger partial charge in [0, 0.05) is 32.7 Å². The molecule has 7 nitrogen and oxygen atoms in total. The predicted molar refractivity (Wildman–Crippen MR) is 58.3 cm³/mol. The fourth-order valence-corrected chi connectivity index (χ4v) is 1.89. The summed E-state index contributed by atoms with van der Waals surface area (Å²) in [7, 11) is 0. The van der Waals surface area contributed by atoms with Gasteiger partial charge in [-0.25, -0.2) is 0 Å². The fraction of sp³-hybridized carbons (Fsp3) is 0.700. The van der Waals surface area contributed by atoms with Gasteiger partial charge in [-0.05, 0) is 0 Å². The zero-order valence-corrected chi connectivity index (χ0v) is 9.58. The highest BCUT2D eigenvalue weighted by atomic mass is 16.5. The second-order valence-corrected chi connectivity index (χ2v) is 4.11. The monoisotopic (exact) mass is 240 g/mol. The molecular formula is C10H16N4O3. The summed E-state index contributed by atoms with van der Waals surface area (Å²) in [6, 6.07) is 0. The third kappa shape index (κ3) is 3.79. The molecular weight excluding hydrogens is 224 g/mol. The van der Waals surface area contributed by atoms with Gasteiger partial charge in [-0.3, -0.25) is 9.69 Å². The van der Waals surface area contributed by atoms with Crippen molar-refractivity contribution < 1.29 is 14.4 Å². The Bertz CT molecular complexity index is 346. The molecule has 1 aliphatic rings. The summed E-state index contributed by atoms with van der Waals surface area (Å²) in [4.78, 5) is 18.8. The van der Waals surface area contributed by atoms with E-state index in [0.29, 0.717) is 18.9 Å². The first-order valence-electron chi connectivity index (χ1n) is 5.66. The number of aliphatic carboxylic acids is 1. The Kier molecular flexibility index (Phi) is 4.05. The van der Waals surface area contributed by atoms with Crippen molar-refractivity contribution in [3.05, 3.63) is 12.2 Å². The lowest BCUT2D eigenvalue weighted by Crippen LogP contribution is -2.46. The highest BCUT2D eigenvalue weighted by Gasteiger charge is 2.18. The Hall–Kier alpha value is -1.47. The molecule has 0 saturated carbocycles. The predicted octanol–water partition coefficient (Wildman–Crippen LogP) is -0.338. The molecule has 2 heterocycles. The lowest BCUT2D eigenvalue weighted by molar-refractivity contribution is -0.137. The lowest BCUT2D eigenvalue weighted by Gasteiger charge is -2.33. The van der Waals surface area contributed by atoms with E-state index < -0.39 is 5.97 Å². The van der Waals surface area contributed by atoms with Crippen molar-refractivity contribution in [2.45, 2.75) is 13.0 Å². The molecule has 0 radical (unpaired) electrons. The normalized spacial score (nSPS) is 18.4. The minimum Gasteiger partial charge on any atom is -0.481 e. The second-order valence-electron chi connectivity index (χ2n) is 4.11. The van der Waals surface area contributed by atoms with Crippen LogP contribution >= 0.6 is 0 Å². The quantitative estimate of drug-likeness (QED) is 0.754. The smallest absolute Gasteiger partial charge is 0.304 e. The molecule has 0 atom stereocenters. The van der Waals surface area contributed by atoms with Crippen LogP contribution in [-0.4, -0.2) is 63.7 Å². The molecule has 1 saturated heterocycles. The van der Waals surface area contributed by atoms with Gasteiger partial charge in [-0.2, -0.15) is 4.98 Å². The first-order chi connectivity index (χ1) is 8.24. The van der Waals surface area contributed by atoms with Crippen LogP contribution in [0.3, 0.4) is 0 Å². The van der Waals surface area contributed by atoms with Gasteiger partial charge in [0.2, 0.25) is 6.39 Å². The Morgan fingerprint density at radius 1 is 1.35 bits per heavy atom. The largest absolute Gasteiger partial charge is 0.481 e. The summed E-state index contributed by atoms with van der Waals surface area (Å²) >= 11 is 0. The minimum absolute atomic E-state index is 0.213. The molecule has 1 aromatic heterocycles. The zero-order valence-electron chi connectivity index (χ0n) is 9.58. The third-order valence-electron chi connectivity index (χ3n) is 2.88. The van der Waals surface area contributed by atoms with E-state index in [1.165, 1.54) is 6.39 Å². The van der Waals surface area contributed by atoms with E-state index in [2.05, 4.69) is 24.5 Å². The van der Waals surface area contributed by atoms with Gasteiger partial charge in [-0.1, -0.05) is 5.16 Å². The van der Waals surface area contributed by atoms with Gasteiger partial charge >= 0.3 is 5.97 Å². The first-order valence-corrected chi connectivity index (χ1v) is 5.66. The Balaban J connectivity index is 1.69. The molecule has 1 aliphatic heterocycles. The van der Waals surface area contributed by atoms with Gasteiger partial charge in [-0.15, -0.1) is 0 Å². The number of hydrogen-bond acceptors (Lipinski definition) is 6. The number of carbonyl (C=O) groups is 1. The topological polar surface area (TPSA) is 82.7 Å². The number of piperazine rings is 1. The average Bonchev–Trinajstić information content (AvgIpc) is 2.81. The average molecular weight is 240 g/mol. The van der Waals surface area contributed by atoms with Crippen LogP contribution in [0.2, 0.25) is 0 Å². The van der Waals surface area contributed by atoms with E-state index in [-0.39, 0.29) is 6.42 Å². The molecule has 1 fully saturated rings. The van der Waals surface area contributed by atoms with E-state index in [1.54, 1.807) is 0 Å². The van der Waals surface area contributed by atoms with Gasteiger partial charge in [0.05, 0.1) is 13.0 Å². The Morgan fingerprint density at radius 2 is 2.06 bits per heavy atom. The van der Waals surface area contributed by atoms with Gasteiger partial charge < -0.3 is 14.5 Å². The summed E-state index contributed by atoms with van der Waals surface area (Å²) in [6.07, 6.45) is 1.54. The summed E-state index contributed by atoms with van der Waals surface area (Å²) in [5, 5.41) is 12.4. The molecule has 0 amide bonds. The van der Waals surface area contributed by atoms with E-state index in [1.807, 2.05) is 0 Å². The van der Waals surface area contributed by atoms with Crippen LogP contribution in [0.5, 0.6) is 0 Å². The van der Waals surface area contributed by atoms with Crippen molar-refractivity contribution in [2.75, 3.05) is 32.7 Å². The molecule has 17 heavy (non-hydrogen) atoms. The number of hydrogen-bond donors (Lipinski definition) is 1. The molecule has 1 aromatic rings. The molecule has 0 aromatic carbocycles. The van der Waals surface area contributed by atoms with Crippen LogP contribution in [0.1, 0.15) is 12.2 Å². The van der Waals surface area contributed by atoms with Crippen LogP contribution in [-0.2, 0) is 11.3 Å². The molecule has 0 aliphatic carbocycles. The summed E-state index contributed by atoms with van der Waals surface area (Å²) in [5.41, 5.74) is 0. The van der Waals surface area contributed by atoms with Crippen LogP contribution in [0, 0.1) is 0 Å². The Labute approximate surface area is 99.0 Å². The van der Waals surface area contributed by atoms with Crippen molar-refractivity contribution in [1.82, 2.24) is 19.9 Å². The van der Waals surface area contributed by atoms with E-state index >= 15 is 0 Å². The molecule has 7 heteroatoms. The van der Waals surface area contributed by atoms with Crippen LogP contribution in [0.15, 0.2) is 10.9 Å². The minimum atomic E-state index is -0.737. The summed E-state index contributed by atoms with van der Waals surface area (Å²) in [6.45, 7) is 4.94. The molecule has 1 N–H and O–H groups in total. The van der Waals surface area contributed by atoms with Crippen molar-refractivity contribution in [1.29, 1.82) is 0 Å². The van der Waals surface area contributed by atoms with Gasteiger partial charge in [0.1, 0.15) is 0 Å². The van der Waals surface area contributed by atoms with Crippen molar-refractivity contribution in [2.24, 2.45) is 0 Å². The third-order valence-corrected chi connectivity index (χ3v) is 2.88. The number of aromatic nitrogens is 2. The van der Waals surface area contributed by atoms with E-state index in [4.69, 9.17) is 5.11 Å². The SMILES string of the molecule is O=C(O)CCN1CCN(Cc2ncon2)CC1. The number of carboxylic acid groups (broad SMARTS) is 1. The standard InChI is InChI=1S/C10H16N4O3/c15-10(16)1-2-13-3-5-14(6-4-13)7-9-11-8-17-12-9/h8H,1-7H2,(H,15,16). The number of nitrogens with zero attached hydrogens (tertiary/aromatic N) is 4. The summed E-state index contributed by atoms with van der Waals surface area (Å²) < 4.78 is 4.68. The summed E-state index contributed by atoms with van der Waals surface area (Å²) in [5.74, 6) is -0.0387. The first kappa shape index (κ1) is 12.0. The second kappa shape index (κ2) is 5.74. The lowest BCUT2D eigenvalue weighted by atomic mass is 10.3. The van der Waals surface area contributed by atoms with Crippen LogP contribution in [0.25, 0.3) is 0 Å². The zero-order chi connectivity index (χ0) is 12.1. The molecule has 94 valence electrons.